The molecule has 2 nitrogen and oxygen atoms in total. The van der Waals surface area contributed by atoms with E-state index in [0.29, 0.717) is 21.6 Å². The molecule has 6 heteroatoms. The highest BCUT2D eigenvalue weighted by Crippen LogP contribution is 2.24. The molecule has 16 heavy (non-hydrogen) atoms. The second kappa shape index (κ2) is 4.99. The van der Waals surface area contributed by atoms with E-state index >= 15 is 0 Å². The SMILES string of the molecule is Fc1ccc(Cl)c(NCc2ncc(Cl)s2)c1. The van der Waals surface area contributed by atoms with E-state index in [1.54, 1.807) is 6.20 Å². The first-order chi connectivity index (χ1) is 7.65. The quantitative estimate of drug-likeness (QED) is 0.909. The lowest BCUT2D eigenvalue weighted by atomic mass is 10.3. The minimum atomic E-state index is -0.330. The highest BCUT2D eigenvalue weighted by molar-refractivity contribution is 7.15. The van der Waals surface area contributed by atoms with Crippen molar-refractivity contribution in [3.05, 3.63) is 44.6 Å². The second-order valence-corrected chi connectivity index (χ2v) is 5.19. The molecule has 0 atom stereocenters. The predicted octanol–water partition coefficient (Wildman–Crippen LogP) is 4.20. The van der Waals surface area contributed by atoms with Gasteiger partial charge >= 0.3 is 0 Å². The van der Waals surface area contributed by atoms with E-state index in [4.69, 9.17) is 23.2 Å². The summed E-state index contributed by atoms with van der Waals surface area (Å²) in [6.07, 6.45) is 1.58. The number of benzene rings is 1. The van der Waals surface area contributed by atoms with Gasteiger partial charge in [-0.25, -0.2) is 9.37 Å². The number of thiazole rings is 1. The molecule has 0 spiro atoms. The topological polar surface area (TPSA) is 24.9 Å². The Morgan fingerprint density at radius 3 is 2.88 bits per heavy atom. The highest BCUT2D eigenvalue weighted by atomic mass is 35.5. The molecular formula is C10H7Cl2FN2S. The third kappa shape index (κ3) is 2.84. The van der Waals surface area contributed by atoms with Gasteiger partial charge in [0.05, 0.1) is 23.5 Å². The fourth-order valence-corrected chi connectivity index (χ4v) is 2.25. The Bertz CT molecular complexity index is 501. The highest BCUT2D eigenvalue weighted by Gasteiger charge is 2.04. The summed E-state index contributed by atoms with van der Waals surface area (Å²) >= 11 is 13.0. The van der Waals surface area contributed by atoms with Gasteiger partial charge in [-0.1, -0.05) is 23.2 Å². The third-order valence-corrected chi connectivity index (χ3v) is 3.33. The van der Waals surface area contributed by atoms with Crippen LogP contribution in [0, 0.1) is 5.82 Å². The molecule has 0 bridgehead atoms. The van der Waals surface area contributed by atoms with Gasteiger partial charge < -0.3 is 5.32 Å². The van der Waals surface area contributed by atoms with Gasteiger partial charge in [-0.05, 0) is 18.2 Å². The average molecular weight is 277 g/mol. The minimum absolute atomic E-state index is 0.330. The third-order valence-electron chi connectivity index (χ3n) is 1.88. The van der Waals surface area contributed by atoms with Gasteiger partial charge in [0.15, 0.2) is 0 Å². The van der Waals surface area contributed by atoms with E-state index in [2.05, 4.69) is 10.3 Å². The largest absolute Gasteiger partial charge is 0.377 e. The Labute approximate surface area is 106 Å². The Morgan fingerprint density at radius 1 is 1.38 bits per heavy atom. The molecular weight excluding hydrogens is 270 g/mol. The van der Waals surface area contributed by atoms with E-state index in [1.807, 2.05) is 0 Å². The lowest BCUT2D eigenvalue weighted by molar-refractivity contribution is 0.628. The number of hydrogen-bond acceptors (Lipinski definition) is 3. The van der Waals surface area contributed by atoms with Crippen molar-refractivity contribution in [1.29, 1.82) is 0 Å². The van der Waals surface area contributed by atoms with Crippen LogP contribution in [0.25, 0.3) is 0 Å². The van der Waals surface area contributed by atoms with E-state index in [1.165, 1.54) is 29.5 Å². The summed E-state index contributed by atoms with van der Waals surface area (Å²) in [5.74, 6) is -0.330. The number of halogens is 3. The molecule has 0 aliphatic carbocycles. The Morgan fingerprint density at radius 2 is 2.19 bits per heavy atom. The zero-order valence-electron chi connectivity index (χ0n) is 8.01. The standard InChI is InChI=1S/C10H7Cl2FN2S/c11-7-2-1-6(13)3-8(7)14-5-10-15-4-9(12)16-10/h1-4,14H,5H2. The molecule has 1 N–H and O–H groups in total. The first-order valence-corrected chi connectivity index (χ1v) is 6.01. The number of nitrogens with zero attached hydrogens (tertiary/aromatic N) is 1. The molecule has 84 valence electrons. The summed E-state index contributed by atoms with van der Waals surface area (Å²) in [6, 6.07) is 4.17. The van der Waals surface area contributed by atoms with E-state index in [-0.39, 0.29) is 5.82 Å². The van der Waals surface area contributed by atoms with Crippen molar-refractivity contribution >= 4 is 40.2 Å². The maximum atomic E-state index is 12.9. The Kier molecular flexibility index (Phi) is 3.63. The molecule has 0 saturated carbocycles. The molecule has 0 aliphatic heterocycles. The summed E-state index contributed by atoms with van der Waals surface area (Å²) < 4.78 is 13.6. The van der Waals surface area contributed by atoms with Crippen LogP contribution in [0.4, 0.5) is 10.1 Å². The van der Waals surface area contributed by atoms with Gasteiger partial charge in [0.25, 0.3) is 0 Å². The lowest BCUT2D eigenvalue weighted by Gasteiger charge is -2.06. The maximum absolute atomic E-state index is 12.9. The molecule has 2 aromatic rings. The molecule has 0 aliphatic rings. The smallest absolute Gasteiger partial charge is 0.125 e. The van der Waals surface area contributed by atoms with Crippen LogP contribution in [-0.2, 0) is 6.54 Å². The van der Waals surface area contributed by atoms with Crippen molar-refractivity contribution in [2.24, 2.45) is 0 Å². The fourth-order valence-electron chi connectivity index (χ4n) is 1.17. The van der Waals surface area contributed by atoms with Gasteiger partial charge in [-0.3, -0.25) is 0 Å². The van der Waals surface area contributed by atoms with Crippen LogP contribution in [0.3, 0.4) is 0 Å². The van der Waals surface area contributed by atoms with Crippen molar-refractivity contribution in [2.45, 2.75) is 6.54 Å². The van der Waals surface area contributed by atoms with Crippen LogP contribution in [-0.4, -0.2) is 4.98 Å². The van der Waals surface area contributed by atoms with Crippen LogP contribution < -0.4 is 5.32 Å². The molecule has 0 radical (unpaired) electrons. The molecule has 0 saturated heterocycles. The monoisotopic (exact) mass is 276 g/mol. The first-order valence-electron chi connectivity index (χ1n) is 4.44. The van der Waals surface area contributed by atoms with Crippen LogP contribution in [0.5, 0.6) is 0 Å². The van der Waals surface area contributed by atoms with Crippen LogP contribution in [0.15, 0.2) is 24.4 Å². The van der Waals surface area contributed by atoms with Crippen molar-refractivity contribution in [3.8, 4) is 0 Å². The van der Waals surface area contributed by atoms with Crippen LogP contribution in [0.1, 0.15) is 5.01 Å². The summed E-state index contributed by atoms with van der Waals surface area (Å²) in [5.41, 5.74) is 0.549. The summed E-state index contributed by atoms with van der Waals surface area (Å²) in [5, 5.41) is 4.30. The van der Waals surface area contributed by atoms with E-state index < -0.39 is 0 Å². The summed E-state index contributed by atoms with van der Waals surface area (Å²) in [4.78, 5) is 4.07. The molecule has 1 heterocycles. The van der Waals surface area contributed by atoms with Gasteiger partial charge in [0, 0.05) is 0 Å². The van der Waals surface area contributed by atoms with E-state index in [9.17, 15) is 4.39 Å². The van der Waals surface area contributed by atoms with Crippen molar-refractivity contribution in [3.63, 3.8) is 0 Å². The number of anilines is 1. The molecule has 1 aromatic heterocycles. The minimum Gasteiger partial charge on any atom is -0.377 e. The van der Waals surface area contributed by atoms with E-state index in [0.717, 1.165) is 5.01 Å². The molecule has 1 aromatic carbocycles. The molecule has 2 rings (SSSR count). The normalized spacial score (nSPS) is 10.4. The number of aromatic nitrogens is 1. The lowest BCUT2D eigenvalue weighted by Crippen LogP contribution is -1.99. The zero-order valence-corrected chi connectivity index (χ0v) is 10.3. The molecule has 0 unspecified atom stereocenters. The summed E-state index contributed by atoms with van der Waals surface area (Å²) in [6.45, 7) is 0.473. The van der Waals surface area contributed by atoms with Gasteiger partial charge in [0.1, 0.15) is 15.2 Å². The van der Waals surface area contributed by atoms with Gasteiger partial charge in [-0.15, -0.1) is 11.3 Å². The van der Waals surface area contributed by atoms with Crippen molar-refractivity contribution in [1.82, 2.24) is 4.98 Å². The van der Waals surface area contributed by atoms with Crippen LogP contribution >= 0.6 is 34.5 Å². The van der Waals surface area contributed by atoms with Gasteiger partial charge in [-0.2, -0.15) is 0 Å². The zero-order chi connectivity index (χ0) is 11.5. The first kappa shape index (κ1) is 11.6. The predicted molar refractivity (Wildman–Crippen MR) is 65.9 cm³/mol. The Balaban J connectivity index is 2.07. The maximum Gasteiger partial charge on any atom is 0.125 e. The molecule has 0 fully saturated rings. The van der Waals surface area contributed by atoms with Crippen molar-refractivity contribution < 1.29 is 4.39 Å². The number of nitrogens with one attached hydrogen (secondary N) is 1. The summed E-state index contributed by atoms with van der Waals surface area (Å²) in [7, 11) is 0. The van der Waals surface area contributed by atoms with Gasteiger partial charge in [0.2, 0.25) is 0 Å². The fraction of sp³-hybridized carbons (Fsp3) is 0.100. The Hall–Kier alpha value is -0.840. The molecule has 0 amide bonds. The average Bonchev–Trinajstić information content (AvgIpc) is 2.66. The van der Waals surface area contributed by atoms with Crippen molar-refractivity contribution in [2.75, 3.05) is 5.32 Å². The van der Waals surface area contributed by atoms with Crippen LogP contribution in [0.2, 0.25) is 9.36 Å². The number of rotatable bonds is 3. The second-order valence-electron chi connectivity index (χ2n) is 3.04. The number of hydrogen-bond donors (Lipinski definition) is 1.